The lowest BCUT2D eigenvalue weighted by atomic mass is 10.3. The summed E-state index contributed by atoms with van der Waals surface area (Å²) in [6.07, 6.45) is 1.55. The number of benzene rings is 1. The molecule has 0 radical (unpaired) electrons. The highest BCUT2D eigenvalue weighted by Crippen LogP contribution is 2.31. The van der Waals surface area contributed by atoms with Crippen LogP contribution in [0.5, 0.6) is 0 Å². The average Bonchev–Trinajstić information content (AvgIpc) is 2.37. The van der Waals surface area contributed by atoms with Gasteiger partial charge in [0.1, 0.15) is 0 Å². The maximum absolute atomic E-state index is 12.2. The summed E-state index contributed by atoms with van der Waals surface area (Å²) in [5.41, 5.74) is 5.97. The fourth-order valence-corrected chi connectivity index (χ4v) is 3.85. The van der Waals surface area contributed by atoms with Crippen LogP contribution >= 0.6 is 27.5 Å². The van der Waals surface area contributed by atoms with Gasteiger partial charge in [-0.2, -0.15) is 0 Å². The van der Waals surface area contributed by atoms with Crippen molar-refractivity contribution in [1.29, 1.82) is 0 Å². The number of hydrogen-bond acceptors (Lipinski definition) is 4. The van der Waals surface area contributed by atoms with Crippen molar-refractivity contribution in [2.45, 2.75) is 24.7 Å². The topological polar surface area (TPSA) is 81.4 Å². The largest absolute Gasteiger partial charge is 0.398 e. The van der Waals surface area contributed by atoms with Crippen molar-refractivity contribution in [3.05, 3.63) is 21.6 Å². The molecular weight excluding hydrogens is 368 g/mol. The molecule has 0 aliphatic carbocycles. The van der Waals surface area contributed by atoms with Crippen LogP contribution in [0, 0.1) is 0 Å². The first-order valence-corrected chi connectivity index (χ1v) is 8.86. The van der Waals surface area contributed by atoms with Crippen molar-refractivity contribution in [3.63, 3.8) is 0 Å². The Labute approximate surface area is 133 Å². The summed E-state index contributed by atoms with van der Waals surface area (Å²) < 4.78 is 32.4. The minimum absolute atomic E-state index is 0.0389. The molecule has 1 aromatic carbocycles. The number of nitrogen functional groups attached to an aromatic ring is 1. The second-order valence-corrected chi connectivity index (χ2v) is 7.14. The molecule has 8 heteroatoms. The van der Waals surface area contributed by atoms with E-state index in [9.17, 15) is 8.42 Å². The van der Waals surface area contributed by atoms with Gasteiger partial charge >= 0.3 is 0 Å². The van der Waals surface area contributed by atoms with Crippen LogP contribution in [0.25, 0.3) is 0 Å². The Bertz CT molecular complexity index is 552. The van der Waals surface area contributed by atoms with E-state index < -0.39 is 10.0 Å². The van der Waals surface area contributed by atoms with Gasteiger partial charge in [-0.15, -0.1) is 0 Å². The van der Waals surface area contributed by atoms with Crippen LogP contribution in [-0.2, 0) is 14.8 Å². The highest BCUT2D eigenvalue weighted by atomic mass is 79.9. The van der Waals surface area contributed by atoms with E-state index in [1.165, 1.54) is 12.1 Å². The molecule has 20 heavy (non-hydrogen) atoms. The van der Waals surface area contributed by atoms with Gasteiger partial charge in [0, 0.05) is 30.5 Å². The Balaban J connectivity index is 2.65. The second-order valence-electron chi connectivity index (χ2n) is 4.17. The number of ether oxygens (including phenoxy) is 1. The molecule has 5 nitrogen and oxygen atoms in total. The van der Waals surface area contributed by atoms with E-state index in [4.69, 9.17) is 22.1 Å². The molecule has 1 aromatic rings. The van der Waals surface area contributed by atoms with Crippen LogP contribution in [0.1, 0.15) is 19.8 Å². The zero-order valence-corrected chi connectivity index (χ0v) is 14.3. The highest BCUT2D eigenvalue weighted by Gasteiger charge is 2.19. The Kier molecular flexibility index (Phi) is 7.25. The van der Waals surface area contributed by atoms with Crippen molar-refractivity contribution in [3.8, 4) is 0 Å². The third-order valence-corrected chi connectivity index (χ3v) is 5.28. The van der Waals surface area contributed by atoms with Gasteiger partial charge in [0.05, 0.1) is 9.37 Å². The number of hydrogen-bond donors (Lipinski definition) is 2. The van der Waals surface area contributed by atoms with E-state index in [1.54, 1.807) is 0 Å². The van der Waals surface area contributed by atoms with E-state index in [0.717, 1.165) is 6.42 Å². The number of sulfonamides is 1. The van der Waals surface area contributed by atoms with E-state index in [0.29, 0.717) is 30.7 Å². The molecule has 0 amide bonds. The summed E-state index contributed by atoms with van der Waals surface area (Å²) in [5, 5.41) is 0.275. The number of nitrogens with one attached hydrogen (secondary N) is 1. The zero-order valence-electron chi connectivity index (χ0n) is 11.2. The average molecular weight is 386 g/mol. The Hall–Kier alpha value is -0.340. The number of rotatable bonds is 8. The van der Waals surface area contributed by atoms with Gasteiger partial charge < -0.3 is 10.5 Å². The van der Waals surface area contributed by atoms with Crippen LogP contribution in [-0.4, -0.2) is 28.2 Å². The lowest BCUT2D eigenvalue weighted by Crippen LogP contribution is -2.26. The maximum Gasteiger partial charge on any atom is 0.241 e. The van der Waals surface area contributed by atoms with Crippen molar-refractivity contribution >= 4 is 43.2 Å². The van der Waals surface area contributed by atoms with Crippen LogP contribution in [0.3, 0.4) is 0 Å². The van der Waals surface area contributed by atoms with Crippen LogP contribution in [0.4, 0.5) is 5.69 Å². The Morgan fingerprint density at radius 3 is 2.75 bits per heavy atom. The summed E-state index contributed by atoms with van der Waals surface area (Å²) in [6.45, 7) is 3.52. The summed E-state index contributed by atoms with van der Waals surface area (Å²) in [6, 6.07) is 2.85. The molecule has 1 rings (SSSR count). The number of anilines is 1. The van der Waals surface area contributed by atoms with E-state index in [1.807, 2.05) is 6.92 Å². The van der Waals surface area contributed by atoms with Gasteiger partial charge in [-0.05, 0) is 40.9 Å². The normalized spacial score (nSPS) is 11.8. The fraction of sp³-hybridized carbons (Fsp3) is 0.500. The SMILES string of the molecule is CCCOCCCNS(=O)(=O)c1cc(Cl)cc(N)c1Br. The first-order valence-electron chi connectivity index (χ1n) is 6.20. The van der Waals surface area contributed by atoms with Crippen LogP contribution < -0.4 is 10.5 Å². The van der Waals surface area contributed by atoms with E-state index >= 15 is 0 Å². The molecule has 0 unspecified atom stereocenters. The lowest BCUT2D eigenvalue weighted by molar-refractivity contribution is 0.133. The number of nitrogens with two attached hydrogens (primary N) is 1. The van der Waals surface area contributed by atoms with Gasteiger partial charge in [-0.25, -0.2) is 13.1 Å². The predicted octanol–water partition coefficient (Wildman–Crippen LogP) is 2.78. The molecule has 0 atom stereocenters. The van der Waals surface area contributed by atoms with Gasteiger partial charge in [-0.3, -0.25) is 0 Å². The van der Waals surface area contributed by atoms with Crippen molar-refractivity contribution < 1.29 is 13.2 Å². The van der Waals surface area contributed by atoms with Crippen molar-refractivity contribution in [1.82, 2.24) is 4.72 Å². The molecule has 0 aliphatic heterocycles. The van der Waals surface area contributed by atoms with Crippen LogP contribution in [0.2, 0.25) is 5.02 Å². The molecule has 0 saturated carbocycles. The van der Waals surface area contributed by atoms with Gasteiger partial charge in [0.15, 0.2) is 0 Å². The molecule has 0 heterocycles. The molecular formula is C12H18BrClN2O3S. The minimum atomic E-state index is -3.65. The maximum atomic E-state index is 12.2. The molecule has 0 bridgehead atoms. The summed E-state index contributed by atoms with van der Waals surface area (Å²) in [5.74, 6) is 0. The summed E-state index contributed by atoms with van der Waals surface area (Å²) in [4.78, 5) is 0.0389. The monoisotopic (exact) mass is 384 g/mol. The Morgan fingerprint density at radius 1 is 1.40 bits per heavy atom. The summed E-state index contributed by atoms with van der Waals surface area (Å²) >= 11 is 9.00. The van der Waals surface area contributed by atoms with Crippen LogP contribution in [0.15, 0.2) is 21.5 Å². The third kappa shape index (κ3) is 5.21. The van der Waals surface area contributed by atoms with E-state index in [2.05, 4.69) is 20.7 Å². The molecule has 3 N–H and O–H groups in total. The highest BCUT2D eigenvalue weighted by molar-refractivity contribution is 9.10. The summed E-state index contributed by atoms with van der Waals surface area (Å²) in [7, 11) is -3.65. The third-order valence-electron chi connectivity index (χ3n) is 2.43. The smallest absolute Gasteiger partial charge is 0.241 e. The van der Waals surface area contributed by atoms with Crippen molar-refractivity contribution in [2.24, 2.45) is 0 Å². The molecule has 0 aromatic heterocycles. The predicted molar refractivity (Wildman–Crippen MR) is 84.5 cm³/mol. The molecule has 0 saturated heterocycles. The van der Waals surface area contributed by atoms with Gasteiger partial charge in [-0.1, -0.05) is 18.5 Å². The Morgan fingerprint density at radius 2 is 2.10 bits per heavy atom. The van der Waals surface area contributed by atoms with Gasteiger partial charge in [0.25, 0.3) is 0 Å². The molecule has 0 spiro atoms. The molecule has 114 valence electrons. The zero-order chi connectivity index (χ0) is 15.2. The molecule has 0 aliphatic rings. The minimum Gasteiger partial charge on any atom is -0.398 e. The van der Waals surface area contributed by atoms with Crippen molar-refractivity contribution in [2.75, 3.05) is 25.5 Å². The number of halogens is 2. The van der Waals surface area contributed by atoms with Gasteiger partial charge in [0.2, 0.25) is 10.0 Å². The lowest BCUT2D eigenvalue weighted by Gasteiger charge is -2.10. The molecule has 0 fully saturated rings. The fourth-order valence-electron chi connectivity index (χ4n) is 1.48. The quantitative estimate of drug-likeness (QED) is 0.532. The standard InChI is InChI=1S/C12H18BrClN2O3S/c1-2-5-19-6-3-4-16-20(17,18)11-8-9(14)7-10(15)12(11)13/h7-8,16H,2-6,15H2,1H3. The first kappa shape index (κ1) is 17.7. The first-order chi connectivity index (χ1) is 9.38. The second kappa shape index (κ2) is 8.19. The van der Waals surface area contributed by atoms with E-state index in [-0.39, 0.29) is 15.6 Å².